The molecule has 0 amide bonds. The van der Waals surface area contributed by atoms with E-state index in [1.807, 2.05) is 36.5 Å². The van der Waals surface area contributed by atoms with E-state index in [0.717, 1.165) is 61.9 Å². The third-order valence-electron chi connectivity index (χ3n) is 5.74. The Balaban J connectivity index is 1.34. The van der Waals surface area contributed by atoms with Crippen LogP contribution in [0.4, 0.5) is 11.6 Å². The van der Waals surface area contributed by atoms with E-state index in [1.54, 1.807) is 12.4 Å². The smallest absolute Gasteiger partial charge is 0.161 e. The number of hydrogen-bond acceptors (Lipinski definition) is 6. The minimum absolute atomic E-state index is 0.765. The molecule has 1 aromatic carbocycles. The lowest BCUT2D eigenvalue weighted by molar-refractivity contribution is 0.788. The van der Waals surface area contributed by atoms with Crippen LogP contribution in [0.3, 0.4) is 0 Å². The number of aryl methyl sites for hydroxylation is 1. The van der Waals surface area contributed by atoms with Gasteiger partial charge in [-0.25, -0.2) is 15.0 Å². The zero-order chi connectivity index (χ0) is 21.6. The molecule has 0 saturated heterocycles. The van der Waals surface area contributed by atoms with Crippen LogP contribution >= 0.6 is 0 Å². The van der Waals surface area contributed by atoms with Crippen molar-refractivity contribution in [3.63, 3.8) is 0 Å². The largest absolute Gasteiger partial charge is 0.368 e. The van der Waals surface area contributed by atoms with E-state index in [0.29, 0.717) is 0 Å². The molecule has 3 heterocycles. The molecule has 0 unspecified atom stereocenters. The van der Waals surface area contributed by atoms with Crippen molar-refractivity contribution in [2.45, 2.75) is 25.8 Å². The standard InChI is InChI=1S/C26H26N6/c1-2-7-20(8-3-1)19-32(24-11-4-5-14-28-24)18-17-29-26-22-9-6-10-23(22)30-25(31-26)21-12-15-27-16-13-21/h1-5,7-8,11-16H,6,9-10,17-19H2,(H,29,30,31). The highest BCUT2D eigenvalue weighted by Gasteiger charge is 2.20. The van der Waals surface area contributed by atoms with Gasteiger partial charge in [-0.15, -0.1) is 0 Å². The number of nitrogens with one attached hydrogen (secondary N) is 1. The monoisotopic (exact) mass is 422 g/mol. The van der Waals surface area contributed by atoms with Crippen molar-refractivity contribution in [1.29, 1.82) is 0 Å². The van der Waals surface area contributed by atoms with Crippen LogP contribution in [-0.2, 0) is 19.4 Å². The second kappa shape index (κ2) is 9.56. The number of pyridine rings is 2. The Morgan fingerprint density at radius 1 is 0.844 bits per heavy atom. The summed E-state index contributed by atoms with van der Waals surface area (Å²) in [7, 11) is 0. The van der Waals surface area contributed by atoms with Gasteiger partial charge in [-0.05, 0) is 49.1 Å². The molecule has 0 saturated carbocycles. The van der Waals surface area contributed by atoms with Gasteiger partial charge in [0.2, 0.25) is 0 Å². The number of fused-ring (bicyclic) bond motifs is 1. The molecule has 0 atom stereocenters. The number of hydrogen-bond donors (Lipinski definition) is 1. The zero-order valence-corrected chi connectivity index (χ0v) is 18.0. The topological polar surface area (TPSA) is 66.8 Å². The van der Waals surface area contributed by atoms with Gasteiger partial charge in [-0.2, -0.15) is 0 Å². The summed E-state index contributed by atoms with van der Waals surface area (Å²) in [4.78, 5) is 20.7. The molecule has 0 bridgehead atoms. The number of anilines is 2. The van der Waals surface area contributed by atoms with Crippen LogP contribution in [0.5, 0.6) is 0 Å². The highest BCUT2D eigenvalue weighted by molar-refractivity contribution is 5.60. The van der Waals surface area contributed by atoms with Crippen molar-refractivity contribution in [1.82, 2.24) is 19.9 Å². The van der Waals surface area contributed by atoms with Crippen LogP contribution < -0.4 is 10.2 Å². The van der Waals surface area contributed by atoms with E-state index < -0.39 is 0 Å². The third-order valence-corrected chi connectivity index (χ3v) is 5.74. The van der Waals surface area contributed by atoms with E-state index in [1.165, 1.54) is 16.8 Å². The average molecular weight is 423 g/mol. The minimum Gasteiger partial charge on any atom is -0.368 e. The minimum atomic E-state index is 0.765. The molecule has 0 radical (unpaired) electrons. The lowest BCUT2D eigenvalue weighted by atomic mass is 10.2. The summed E-state index contributed by atoms with van der Waals surface area (Å²) in [6.45, 7) is 2.39. The molecule has 6 heteroatoms. The van der Waals surface area contributed by atoms with E-state index in [9.17, 15) is 0 Å². The lowest BCUT2D eigenvalue weighted by Gasteiger charge is -2.24. The second-order valence-electron chi connectivity index (χ2n) is 7.93. The Morgan fingerprint density at radius 3 is 2.50 bits per heavy atom. The van der Waals surface area contributed by atoms with E-state index >= 15 is 0 Å². The van der Waals surface area contributed by atoms with Gasteiger partial charge in [0, 0.05) is 55.0 Å². The quantitative estimate of drug-likeness (QED) is 0.450. The Bertz CT molecular complexity index is 1150. The van der Waals surface area contributed by atoms with Gasteiger partial charge in [0.1, 0.15) is 11.6 Å². The third kappa shape index (κ3) is 4.59. The second-order valence-corrected chi connectivity index (χ2v) is 7.93. The number of aromatic nitrogens is 4. The fourth-order valence-electron chi connectivity index (χ4n) is 4.14. The maximum Gasteiger partial charge on any atom is 0.161 e. The summed E-state index contributed by atoms with van der Waals surface area (Å²) < 4.78 is 0. The molecule has 6 nitrogen and oxygen atoms in total. The molecular weight excluding hydrogens is 396 g/mol. The van der Waals surface area contributed by atoms with Crippen molar-refractivity contribution in [3.05, 3.63) is 96.1 Å². The molecule has 5 rings (SSSR count). The average Bonchev–Trinajstić information content (AvgIpc) is 3.34. The highest BCUT2D eigenvalue weighted by Crippen LogP contribution is 2.29. The molecule has 1 N–H and O–H groups in total. The van der Waals surface area contributed by atoms with Crippen LogP contribution in [-0.4, -0.2) is 33.0 Å². The SMILES string of the molecule is c1ccc(CN(CCNc2nc(-c3ccncc3)nc3c2CCC3)c2ccccn2)cc1. The van der Waals surface area contributed by atoms with Crippen LogP contribution in [0, 0.1) is 0 Å². The first-order valence-electron chi connectivity index (χ1n) is 11.1. The molecule has 4 aromatic rings. The number of benzene rings is 1. The van der Waals surface area contributed by atoms with Crippen LogP contribution in [0.2, 0.25) is 0 Å². The Kier molecular flexibility index (Phi) is 6.01. The van der Waals surface area contributed by atoms with Crippen molar-refractivity contribution >= 4 is 11.6 Å². The lowest BCUT2D eigenvalue weighted by Crippen LogP contribution is -2.29. The van der Waals surface area contributed by atoms with Crippen LogP contribution in [0.25, 0.3) is 11.4 Å². The van der Waals surface area contributed by atoms with E-state index in [-0.39, 0.29) is 0 Å². The van der Waals surface area contributed by atoms with Crippen molar-refractivity contribution in [2.75, 3.05) is 23.3 Å². The van der Waals surface area contributed by atoms with Gasteiger partial charge in [0.25, 0.3) is 0 Å². The molecule has 3 aromatic heterocycles. The maximum atomic E-state index is 4.88. The van der Waals surface area contributed by atoms with Crippen LogP contribution in [0.1, 0.15) is 23.2 Å². The number of nitrogens with zero attached hydrogens (tertiary/aromatic N) is 5. The van der Waals surface area contributed by atoms with Gasteiger partial charge in [-0.3, -0.25) is 4.98 Å². The van der Waals surface area contributed by atoms with Gasteiger partial charge in [0.05, 0.1) is 0 Å². The molecule has 0 fully saturated rings. The summed E-state index contributed by atoms with van der Waals surface area (Å²) in [6, 6.07) is 20.5. The predicted molar refractivity (Wildman–Crippen MR) is 128 cm³/mol. The van der Waals surface area contributed by atoms with E-state index in [4.69, 9.17) is 9.97 Å². The summed E-state index contributed by atoms with van der Waals surface area (Å²) >= 11 is 0. The zero-order valence-electron chi connectivity index (χ0n) is 18.0. The fourth-order valence-corrected chi connectivity index (χ4v) is 4.14. The Morgan fingerprint density at radius 2 is 1.69 bits per heavy atom. The Hall–Kier alpha value is -3.80. The molecular formula is C26H26N6. The molecule has 160 valence electrons. The summed E-state index contributed by atoms with van der Waals surface area (Å²) in [5.74, 6) is 2.70. The van der Waals surface area contributed by atoms with Gasteiger partial charge in [-0.1, -0.05) is 36.4 Å². The van der Waals surface area contributed by atoms with Gasteiger partial charge >= 0.3 is 0 Å². The first-order valence-corrected chi connectivity index (χ1v) is 11.1. The normalized spacial score (nSPS) is 12.4. The highest BCUT2D eigenvalue weighted by atomic mass is 15.2. The van der Waals surface area contributed by atoms with Crippen LogP contribution in [0.15, 0.2) is 79.3 Å². The summed E-state index contributed by atoms with van der Waals surface area (Å²) in [6.07, 6.45) is 8.59. The van der Waals surface area contributed by atoms with Crippen molar-refractivity contribution < 1.29 is 0 Å². The fraction of sp³-hybridized carbons (Fsp3) is 0.231. The first-order chi connectivity index (χ1) is 15.9. The molecule has 0 aliphatic heterocycles. The molecule has 0 spiro atoms. The summed E-state index contributed by atoms with van der Waals surface area (Å²) in [5.41, 5.74) is 4.69. The molecule has 32 heavy (non-hydrogen) atoms. The molecule has 1 aliphatic carbocycles. The molecule has 1 aliphatic rings. The van der Waals surface area contributed by atoms with Crippen molar-refractivity contribution in [2.24, 2.45) is 0 Å². The predicted octanol–water partition coefficient (Wildman–Crippen LogP) is 4.54. The van der Waals surface area contributed by atoms with Gasteiger partial charge in [0.15, 0.2) is 5.82 Å². The maximum absolute atomic E-state index is 4.88. The number of rotatable bonds is 8. The Labute approximate surface area is 188 Å². The van der Waals surface area contributed by atoms with Crippen molar-refractivity contribution in [3.8, 4) is 11.4 Å². The summed E-state index contributed by atoms with van der Waals surface area (Å²) in [5, 5.41) is 3.61. The van der Waals surface area contributed by atoms with Gasteiger partial charge < -0.3 is 10.2 Å². The first kappa shape index (κ1) is 20.1. The van der Waals surface area contributed by atoms with E-state index in [2.05, 4.69) is 50.5 Å².